The van der Waals surface area contributed by atoms with Crippen molar-refractivity contribution in [2.24, 2.45) is 0 Å². The summed E-state index contributed by atoms with van der Waals surface area (Å²) < 4.78 is 0. The van der Waals surface area contributed by atoms with Gasteiger partial charge in [0.2, 0.25) is 5.95 Å². The molecule has 142 valence electrons. The Morgan fingerprint density at radius 1 is 1.18 bits per heavy atom. The number of hydrogen-bond donors (Lipinski definition) is 2. The molecule has 2 N–H and O–H groups in total. The summed E-state index contributed by atoms with van der Waals surface area (Å²) in [6.45, 7) is 2.02. The molecule has 1 saturated carbocycles. The number of carboxylic acids is 1. The van der Waals surface area contributed by atoms with E-state index in [1.807, 2.05) is 43.3 Å². The van der Waals surface area contributed by atoms with Gasteiger partial charge in [-0.3, -0.25) is 4.79 Å². The van der Waals surface area contributed by atoms with Crippen LogP contribution in [-0.2, 0) is 11.2 Å². The Hall–Kier alpha value is -3.35. The lowest BCUT2D eigenvalue weighted by Gasteiger charge is -2.10. The van der Waals surface area contributed by atoms with E-state index in [0.717, 1.165) is 28.2 Å². The topological polar surface area (TPSA) is 101 Å². The number of anilines is 2. The van der Waals surface area contributed by atoms with E-state index >= 15 is 0 Å². The third-order valence-electron chi connectivity index (χ3n) is 4.62. The second kappa shape index (κ2) is 7.72. The van der Waals surface area contributed by atoms with E-state index in [2.05, 4.69) is 25.5 Å². The van der Waals surface area contributed by atoms with Crippen molar-refractivity contribution in [3.05, 3.63) is 59.5 Å². The maximum absolute atomic E-state index is 10.7. The SMILES string of the molecule is Cc1cc(Nc2nccc(C3CC3)n2)cc(-c2ccc(CCC(=O)O)nn2)c1. The second-order valence-electron chi connectivity index (χ2n) is 7.10. The van der Waals surface area contributed by atoms with Crippen LogP contribution in [0.15, 0.2) is 42.6 Å². The minimum Gasteiger partial charge on any atom is -0.481 e. The fourth-order valence-corrected chi connectivity index (χ4v) is 3.05. The molecule has 3 aromatic rings. The van der Waals surface area contributed by atoms with E-state index in [1.165, 1.54) is 12.8 Å². The number of carbonyl (C=O) groups is 1. The Morgan fingerprint density at radius 3 is 2.75 bits per heavy atom. The molecular formula is C21H21N5O2. The van der Waals surface area contributed by atoms with Crippen LogP contribution in [0.2, 0.25) is 0 Å². The Morgan fingerprint density at radius 2 is 2.04 bits per heavy atom. The summed E-state index contributed by atoms with van der Waals surface area (Å²) in [6, 6.07) is 11.7. The van der Waals surface area contributed by atoms with Crippen LogP contribution < -0.4 is 5.32 Å². The van der Waals surface area contributed by atoms with Crippen LogP contribution in [0.1, 0.15) is 42.1 Å². The molecule has 0 aliphatic heterocycles. The average Bonchev–Trinajstić information content (AvgIpc) is 3.52. The molecule has 28 heavy (non-hydrogen) atoms. The first-order chi connectivity index (χ1) is 13.6. The van der Waals surface area contributed by atoms with Gasteiger partial charge in [-0.05, 0) is 61.7 Å². The number of rotatable bonds is 7. The van der Waals surface area contributed by atoms with Crippen molar-refractivity contribution in [3.8, 4) is 11.3 Å². The first-order valence-corrected chi connectivity index (χ1v) is 9.33. The fourth-order valence-electron chi connectivity index (χ4n) is 3.05. The Balaban J connectivity index is 1.53. The number of aromatic nitrogens is 4. The van der Waals surface area contributed by atoms with E-state index in [-0.39, 0.29) is 6.42 Å². The zero-order chi connectivity index (χ0) is 19.5. The Bertz CT molecular complexity index is 1000. The fraction of sp³-hybridized carbons (Fsp3) is 0.286. The zero-order valence-corrected chi connectivity index (χ0v) is 15.6. The maximum Gasteiger partial charge on any atom is 0.303 e. The molecule has 2 heterocycles. The molecule has 1 aliphatic carbocycles. The molecule has 1 aromatic carbocycles. The van der Waals surface area contributed by atoms with Crippen molar-refractivity contribution in [3.63, 3.8) is 0 Å². The number of hydrogen-bond acceptors (Lipinski definition) is 6. The van der Waals surface area contributed by atoms with Crippen LogP contribution in [0.25, 0.3) is 11.3 Å². The predicted molar refractivity (Wildman–Crippen MR) is 105 cm³/mol. The highest BCUT2D eigenvalue weighted by Crippen LogP contribution is 2.39. The van der Waals surface area contributed by atoms with E-state index in [9.17, 15) is 4.79 Å². The summed E-state index contributed by atoms with van der Waals surface area (Å²) >= 11 is 0. The van der Waals surface area contributed by atoms with E-state index < -0.39 is 5.97 Å². The minimum absolute atomic E-state index is 0.0481. The summed E-state index contributed by atoms with van der Waals surface area (Å²) in [5.41, 5.74) is 5.39. The van der Waals surface area contributed by atoms with Gasteiger partial charge in [-0.1, -0.05) is 0 Å². The van der Waals surface area contributed by atoms with Gasteiger partial charge in [-0.25, -0.2) is 9.97 Å². The van der Waals surface area contributed by atoms with Crippen molar-refractivity contribution in [2.45, 2.75) is 38.5 Å². The Kier molecular flexibility index (Phi) is 4.97. The van der Waals surface area contributed by atoms with Crippen molar-refractivity contribution in [1.29, 1.82) is 0 Å². The first-order valence-electron chi connectivity index (χ1n) is 9.33. The standard InChI is InChI=1S/C21H21N5O2/c1-13-10-15(19-6-4-16(25-26-19)5-7-20(27)28)12-17(11-13)23-21-22-9-8-18(24-21)14-2-3-14/h4,6,8-12,14H,2-3,5,7H2,1H3,(H,27,28)(H,22,23,24). The lowest BCUT2D eigenvalue weighted by atomic mass is 10.1. The number of aliphatic carboxylic acids is 1. The highest BCUT2D eigenvalue weighted by atomic mass is 16.4. The monoisotopic (exact) mass is 375 g/mol. The number of aryl methyl sites for hydroxylation is 2. The van der Waals surface area contributed by atoms with Gasteiger partial charge < -0.3 is 10.4 Å². The summed E-state index contributed by atoms with van der Waals surface area (Å²) in [4.78, 5) is 19.6. The second-order valence-corrected chi connectivity index (χ2v) is 7.10. The van der Waals surface area contributed by atoms with Crippen molar-refractivity contribution >= 4 is 17.6 Å². The van der Waals surface area contributed by atoms with Crippen LogP contribution in [0.4, 0.5) is 11.6 Å². The number of nitrogens with zero attached hydrogens (tertiary/aromatic N) is 4. The normalized spacial score (nSPS) is 13.3. The van der Waals surface area contributed by atoms with Gasteiger partial charge in [0.1, 0.15) is 0 Å². The van der Waals surface area contributed by atoms with Crippen molar-refractivity contribution < 1.29 is 9.90 Å². The lowest BCUT2D eigenvalue weighted by Crippen LogP contribution is -2.01. The molecule has 0 unspecified atom stereocenters. The largest absolute Gasteiger partial charge is 0.481 e. The van der Waals surface area contributed by atoms with Gasteiger partial charge >= 0.3 is 5.97 Å². The number of nitrogens with one attached hydrogen (secondary N) is 1. The van der Waals surface area contributed by atoms with Crippen LogP contribution in [0, 0.1) is 6.92 Å². The molecule has 0 bridgehead atoms. The molecule has 4 rings (SSSR count). The molecule has 0 radical (unpaired) electrons. The van der Waals surface area contributed by atoms with Gasteiger partial charge in [0.15, 0.2) is 0 Å². The highest BCUT2D eigenvalue weighted by Gasteiger charge is 2.25. The zero-order valence-electron chi connectivity index (χ0n) is 15.6. The predicted octanol–water partition coefficient (Wildman–Crippen LogP) is 3.88. The van der Waals surface area contributed by atoms with Gasteiger partial charge in [0.05, 0.1) is 17.8 Å². The summed E-state index contributed by atoms with van der Waals surface area (Å²) in [6.07, 6.45) is 4.61. The third kappa shape index (κ3) is 4.49. The van der Waals surface area contributed by atoms with Crippen molar-refractivity contribution in [1.82, 2.24) is 20.2 Å². The van der Waals surface area contributed by atoms with Crippen molar-refractivity contribution in [2.75, 3.05) is 5.32 Å². The van der Waals surface area contributed by atoms with Crippen LogP contribution >= 0.6 is 0 Å². The molecular weight excluding hydrogens is 354 g/mol. The van der Waals surface area contributed by atoms with Crippen LogP contribution in [0.5, 0.6) is 0 Å². The molecule has 1 fully saturated rings. The average molecular weight is 375 g/mol. The third-order valence-corrected chi connectivity index (χ3v) is 4.62. The molecule has 1 aliphatic rings. The summed E-state index contributed by atoms with van der Waals surface area (Å²) in [5.74, 6) is 0.329. The maximum atomic E-state index is 10.7. The van der Waals surface area contributed by atoms with E-state index in [4.69, 9.17) is 5.11 Å². The van der Waals surface area contributed by atoms with Crippen LogP contribution in [0.3, 0.4) is 0 Å². The lowest BCUT2D eigenvalue weighted by molar-refractivity contribution is -0.136. The molecule has 7 nitrogen and oxygen atoms in total. The van der Waals surface area contributed by atoms with Gasteiger partial charge in [0.25, 0.3) is 0 Å². The molecule has 0 saturated heterocycles. The quantitative estimate of drug-likeness (QED) is 0.646. The summed E-state index contributed by atoms with van der Waals surface area (Å²) in [7, 11) is 0. The summed E-state index contributed by atoms with van der Waals surface area (Å²) in [5, 5.41) is 20.5. The molecule has 0 amide bonds. The smallest absolute Gasteiger partial charge is 0.303 e. The Labute approximate surface area is 162 Å². The minimum atomic E-state index is -0.840. The number of carboxylic acid groups (broad SMARTS) is 1. The first kappa shape index (κ1) is 18.0. The van der Waals surface area contributed by atoms with Crippen LogP contribution in [-0.4, -0.2) is 31.2 Å². The van der Waals surface area contributed by atoms with Gasteiger partial charge in [-0.15, -0.1) is 0 Å². The van der Waals surface area contributed by atoms with Gasteiger partial charge in [0, 0.05) is 35.5 Å². The molecule has 7 heteroatoms. The van der Waals surface area contributed by atoms with E-state index in [1.54, 1.807) is 6.20 Å². The van der Waals surface area contributed by atoms with E-state index in [0.29, 0.717) is 24.0 Å². The molecule has 0 spiro atoms. The molecule has 0 atom stereocenters. The number of benzene rings is 1. The molecule has 2 aromatic heterocycles. The highest BCUT2D eigenvalue weighted by molar-refractivity contribution is 5.69. The van der Waals surface area contributed by atoms with Gasteiger partial charge in [-0.2, -0.15) is 10.2 Å².